The number of carbonyl (C=O) groups excluding carboxylic acids is 2. The van der Waals surface area contributed by atoms with Gasteiger partial charge in [-0.05, 0) is 18.8 Å². The van der Waals surface area contributed by atoms with Gasteiger partial charge < -0.3 is 14.6 Å². The molecule has 48 heavy (non-hydrogen) atoms. The normalized spacial score (nSPS) is 12.1. The highest BCUT2D eigenvalue weighted by atomic mass is 16.6. The van der Waals surface area contributed by atoms with E-state index in [1.807, 2.05) is 0 Å². The van der Waals surface area contributed by atoms with Gasteiger partial charge in [0, 0.05) is 12.8 Å². The molecule has 0 unspecified atom stereocenters. The van der Waals surface area contributed by atoms with Gasteiger partial charge in [0.15, 0.2) is 0 Å². The Balaban J connectivity index is 3.36. The van der Waals surface area contributed by atoms with Crippen LogP contribution < -0.4 is 0 Å². The van der Waals surface area contributed by atoms with Gasteiger partial charge in [-0.15, -0.1) is 0 Å². The van der Waals surface area contributed by atoms with Crippen molar-refractivity contribution in [2.45, 2.75) is 245 Å². The summed E-state index contributed by atoms with van der Waals surface area (Å²) in [5.41, 5.74) is 0. The monoisotopic (exact) mass is 681 g/mol. The molecular weight excluding hydrogens is 596 g/mol. The lowest BCUT2D eigenvalue weighted by atomic mass is 10.0. The van der Waals surface area contributed by atoms with Crippen molar-refractivity contribution < 1.29 is 24.2 Å². The molecule has 0 aromatic rings. The van der Waals surface area contributed by atoms with Crippen LogP contribution in [0, 0.1) is 5.92 Å². The molecule has 0 aliphatic carbocycles. The van der Waals surface area contributed by atoms with Crippen LogP contribution in [-0.2, 0) is 19.1 Å². The maximum Gasteiger partial charge on any atom is 0.305 e. The molecule has 0 spiro atoms. The van der Waals surface area contributed by atoms with Crippen LogP contribution in [0.1, 0.15) is 239 Å². The van der Waals surface area contributed by atoms with E-state index in [0.717, 1.165) is 31.6 Å². The van der Waals surface area contributed by atoms with Crippen molar-refractivity contribution in [1.29, 1.82) is 0 Å². The summed E-state index contributed by atoms with van der Waals surface area (Å²) in [6.07, 6.45) is 41.6. The third kappa shape index (κ3) is 39.3. The van der Waals surface area contributed by atoms with Gasteiger partial charge in [0.25, 0.3) is 0 Å². The van der Waals surface area contributed by atoms with E-state index < -0.39 is 6.10 Å². The number of rotatable bonds is 39. The molecule has 1 N–H and O–H groups in total. The van der Waals surface area contributed by atoms with E-state index in [0.29, 0.717) is 12.8 Å². The molecule has 0 aliphatic rings. The Morgan fingerprint density at radius 1 is 0.417 bits per heavy atom. The van der Waals surface area contributed by atoms with Gasteiger partial charge in [-0.25, -0.2) is 0 Å². The summed E-state index contributed by atoms with van der Waals surface area (Å²) in [4.78, 5) is 24.0. The Kier molecular flexibility index (Phi) is 37.8. The highest BCUT2D eigenvalue weighted by Gasteiger charge is 2.12. The second-order valence-electron chi connectivity index (χ2n) is 15.3. The van der Waals surface area contributed by atoms with E-state index in [1.54, 1.807) is 0 Å². The standard InChI is InChI=1S/C43H84O5/c1-4-5-6-7-8-9-10-11-12-13-14-15-18-21-24-27-30-33-36-42(45)47-38-41(44)39-48-43(46)37-34-31-28-25-22-19-16-17-20-23-26-29-32-35-40(2)3/h40-41,44H,4-39H2,1-3H3/t41-/m1/s1. The highest BCUT2D eigenvalue weighted by molar-refractivity contribution is 5.69. The summed E-state index contributed by atoms with van der Waals surface area (Å²) in [5, 5.41) is 10.0. The quantitative estimate of drug-likeness (QED) is 0.0517. The average molecular weight is 681 g/mol. The minimum atomic E-state index is -0.955. The van der Waals surface area contributed by atoms with Crippen molar-refractivity contribution >= 4 is 11.9 Å². The van der Waals surface area contributed by atoms with Crippen LogP contribution in [0.15, 0.2) is 0 Å². The SMILES string of the molecule is CCCCCCCCCCCCCCCCCCCCC(=O)OC[C@@H](O)COC(=O)CCCCCCCCCCCCCCCC(C)C. The molecule has 0 amide bonds. The molecule has 286 valence electrons. The first-order valence-corrected chi connectivity index (χ1v) is 21.4. The first kappa shape index (κ1) is 46.9. The third-order valence-electron chi connectivity index (χ3n) is 9.77. The zero-order valence-corrected chi connectivity index (χ0v) is 32.7. The Morgan fingerprint density at radius 3 is 0.938 bits per heavy atom. The van der Waals surface area contributed by atoms with Crippen molar-refractivity contribution in [3.8, 4) is 0 Å². The molecule has 0 fully saturated rings. The van der Waals surface area contributed by atoms with Gasteiger partial charge in [0.05, 0.1) is 0 Å². The molecule has 5 nitrogen and oxygen atoms in total. The fraction of sp³-hybridized carbons (Fsp3) is 0.953. The van der Waals surface area contributed by atoms with Gasteiger partial charge in [0.1, 0.15) is 19.3 Å². The molecule has 0 aliphatic heterocycles. The smallest absolute Gasteiger partial charge is 0.305 e. The zero-order valence-electron chi connectivity index (χ0n) is 32.7. The average Bonchev–Trinajstić information content (AvgIpc) is 3.07. The summed E-state index contributed by atoms with van der Waals surface area (Å²) in [7, 11) is 0. The number of esters is 2. The van der Waals surface area contributed by atoms with Gasteiger partial charge in [-0.2, -0.15) is 0 Å². The number of unbranched alkanes of at least 4 members (excludes halogenated alkanes) is 29. The number of carbonyl (C=O) groups is 2. The zero-order chi connectivity index (χ0) is 35.2. The van der Waals surface area contributed by atoms with Gasteiger partial charge in [-0.3, -0.25) is 9.59 Å². The summed E-state index contributed by atoms with van der Waals surface area (Å²) in [6, 6.07) is 0. The predicted molar refractivity (Wildman–Crippen MR) is 205 cm³/mol. The van der Waals surface area contributed by atoms with Gasteiger partial charge >= 0.3 is 11.9 Å². The molecule has 0 heterocycles. The lowest BCUT2D eigenvalue weighted by molar-refractivity contribution is -0.152. The molecule has 0 rings (SSSR count). The van der Waals surface area contributed by atoms with Crippen LogP contribution in [0.2, 0.25) is 0 Å². The van der Waals surface area contributed by atoms with Crippen LogP contribution in [0.25, 0.3) is 0 Å². The predicted octanol–water partition coefficient (Wildman–Crippen LogP) is 13.4. The molecule has 0 bridgehead atoms. The number of ether oxygens (including phenoxy) is 2. The Bertz CT molecular complexity index is 664. The lowest BCUT2D eigenvalue weighted by Crippen LogP contribution is -2.25. The number of aliphatic hydroxyl groups excluding tert-OH is 1. The van der Waals surface area contributed by atoms with Crippen LogP contribution in [0.5, 0.6) is 0 Å². The first-order valence-electron chi connectivity index (χ1n) is 21.4. The summed E-state index contributed by atoms with van der Waals surface area (Å²) < 4.78 is 10.4. The van der Waals surface area contributed by atoms with Gasteiger partial charge in [0.2, 0.25) is 0 Å². The fourth-order valence-electron chi connectivity index (χ4n) is 6.51. The maximum absolute atomic E-state index is 12.0. The minimum absolute atomic E-state index is 0.108. The summed E-state index contributed by atoms with van der Waals surface area (Å²) in [6.45, 7) is 6.69. The number of hydrogen-bond acceptors (Lipinski definition) is 5. The molecule has 0 radical (unpaired) electrons. The molecule has 0 aromatic heterocycles. The van der Waals surface area contributed by atoms with Crippen LogP contribution in [-0.4, -0.2) is 36.4 Å². The molecule has 0 saturated heterocycles. The lowest BCUT2D eigenvalue weighted by Gasteiger charge is -2.12. The van der Waals surface area contributed by atoms with Crippen molar-refractivity contribution in [2.75, 3.05) is 13.2 Å². The van der Waals surface area contributed by atoms with Crippen LogP contribution in [0.3, 0.4) is 0 Å². The van der Waals surface area contributed by atoms with Crippen molar-refractivity contribution in [1.82, 2.24) is 0 Å². The summed E-state index contributed by atoms with van der Waals surface area (Å²) >= 11 is 0. The second-order valence-corrected chi connectivity index (χ2v) is 15.3. The molecule has 0 aromatic carbocycles. The Morgan fingerprint density at radius 2 is 0.667 bits per heavy atom. The number of aliphatic hydroxyl groups is 1. The second kappa shape index (κ2) is 38.7. The van der Waals surface area contributed by atoms with Crippen molar-refractivity contribution in [2.24, 2.45) is 5.92 Å². The van der Waals surface area contributed by atoms with E-state index in [1.165, 1.54) is 180 Å². The van der Waals surface area contributed by atoms with Crippen molar-refractivity contribution in [3.63, 3.8) is 0 Å². The molecule has 5 heteroatoms. The van der Waals surface area contributed by atoms with Crippen LogP contribution in [0.4, 0.5) is 0 Å². The summed E-state index contributed by atoms with van der Waals surface area (Å²) in [5.74, 6) is 0.299. The Hall–Kier alpha value is -1.10. The molecular formula is C43H84O5. The molecule has 0 saturated carbocycles. The first-order chi connectivity index (χ1) is 23.5. The minimum Gasteiger partial charge on any atom is -0.463 e. The van der Waals surface area contributed by atoms with Crippen LogP contribution >= 0.6 is 0 Å². The maximum atomic E-state index is 12.0. The molecule has 1 atom stereocenters. The van der Waals surface area contributed by atoms with E-state index in [-0.39, 0.29) is 25.2 Å². The highest BCUT2D eigenvalue weighted by Crippen LogP contribution is 2.16. The fourth-order valence-corrected chi connectivity index (χ4v) is 6.51. The largest absolute Gasteiger partial charge is 0.463 e. The third-order valence-corrected chi connectivity index (χ3v) is 9.77. The van der Waals surface area contributed by atoms with Gasteiger partial charge in [-0.1, -0.05) is 213 Å². The van der Waals surface area contributed by atoms with E-state index >= 15 is 0 Å². The Labute approximate surface area is 299 Å². The van der Waals surface area contributed by atoms with E-state index in [4.69, 9.17) is 9.47 Å². The van der Waals surface area contributed by atoms with Crippen molar-refractivity contribution in [3.05, 3.63) is 0 Å². The van der Waals surface area contributed by atoms with E-state index in [9.17, 15) is 14.7 Å². The number of hydrogen-bond donors (Lipinski definition) is 1. The van der Waals surface area contributed by atoms with E-state index in [2.05, 4.69) is 20.8 Å². The topological polar surface area (TPSA) is 72.8 Å².